The predicted molar refractivity (Wildman–Crippen MR) is 55.7 cm³/mol. The van der Waals surface area contributed by atoms with Gasteiger partial charge in [0, 0.05) is 18.2 Å². The second kappa shape index (κ2) is 3.59. The SMILES string of the molecule is NCc1ccc(O)c([C@H](N)C2CC2)c1. The third-order valence-corrected chi connectivity index (χ3v) is 2.82. The van der Waals surface area contributed by atoms with Gasteiger partial charge in [-0.2, -0.15) is 0 Å². The van der Waals surface area contributed by atoms with E-state index in [0.717, 1.165) is 11.1 Å². The van der Waals surface area contributed by atoms with E-state index in [-0.39, 0.29) is 6.04 Å². The smallest absolute Gasteiger partial charge is 0.120 e. The normalized spacial score (nSPS) is 18.1. The molecule has 1 aliphatic carbocycles. The minimum atomic E-state index is -0.0264. The summed E-state index contributed by atoms with van der Waals surface area (Å²) < 4.78 is 0. The van der Waals surface area contributed by atoms with Gasteiger partial charge in [-0.3, -0.25) is 0 Å². The van der Waals surface area contributed by atoms with Crippen molar-refractivity contribution in [2.45, 2.75) is 25.4 Å². The van der Waals surface area contributed by atoms with Crippen LogP contribution >= 0.6 is 0 Å². The first-order valence-corrected chi connectivity index (χ1v) is 5.00. The third-order valence-electron chi connectivity index (χ3n) is 2.82. The van der Waals surface area contributed by atoms with Gasteiger partial charge in [-0.05, 0) is 36.5 Å². The van der Waals surface area contributed by atoms with Crippen molar-refractivity contribution in [3.05, 3.63) is 29.3 Å². The maximum atomic E-state index is 9.66. The molecule has 5 N–H and O–H groups in total. The van der Waals surface area contributed by atoms with Crippen LogP contribution < -0.4 is 11.5 Å². The fraction of sp³-hybridized carbons (Fsp3) is 0.455. The number of benzene rings is 1. The van der Waals surface area contributed by atoms with Crippen molar-refractivity contribution in [1.82, 2.24) is 0 Å². The Bertz CT molecular complexity index is 334. The fourth-order valence-electron chi connectivity index (χ4n) is 1.71. The second-order valence-corrected chi connectivity index (χ2v) is 3.96. The van der Waals surface area contributed by atoms with Crippen molar-refractivity contribution in [2.24, 2.45) is 17.4 Å². The fourth-order valence-corrected chi connectivity index (χ4v) is 1.71. The summed E-state index contributed by atoms with van der Waals surface area (Å²) in [6, 6.07) is 5.40. The van der Waals surface area contributed by atoms with Gasteiger partial charge in [0.2, 0.25) is 0 Å². The average molecular weight is 192 g/mol. The highest BCUT2D eigenvalue weighted by atomic mass is 16.3. The van der Waals surface area contributed by atoms with Crippen molar-refractivity contribution >= 4 is 0 Å². The molecule has 3 nitrogen and oxygen atoms in total. The lowest BCUT2D eigenvalue weighted by molar-refractivity contribution is 0.456. The van der Waals surface area contributed by atoms with E-state index in [1.807, 2.05) is 12.1 Å². The molecule has 0 bridgehead atoms. The monoisotopic (exact) mass is 192 g/mol. The maximum absolute atomic E-state index is 9.66. The number of hydrogen-bond acceptors (Lipinski definition) is 3. The van der Waals surface area contributed by atoms with Gasteiger partial charge in [0.1, 0.15) is 5.75 Å². The minimum absolute atomic E-state index is 0.0264. The van der Waals surface area contributed by atoms with Crippen LogP contribution in [0.25, 0.3) is 0 Å². The minimum Gasteiger partial charge on any atom is -0.508 e. The van der Waals surface area contributed by atoms with Gasteiger partial charge in [-0.15, -0.1) is 0 Å². The maximum Gasteiger partial charge on any atom is 0.120 e. The Balaban J connectivity index is 2.29. The van der Waals surface area contributed by atoms with Crippen LogP contribution in [0.1, 0.15) is 30.0 Å². The van der Waals surface area contributed by atoms with E-state index in [2.05, 4.69) is 0 Å². The van der Waals surface area contributed by atoms with Gasteiger partial charge in [-0.1, -0.05) is 6.07 Å². The zero-order chi connectivity index (χ0) is 10.1. The quantitative estimate of drug-likeness (QED) is 0.675. The lowest BCUT2D eigenvalue weighted by Crippen LogP contribution is -2.13. The standard InChI is InChI=1S/C11H16N2O/c12-6-7-1-4-10(14)9(5-7)11(13)8-2-3-8/h1,4-5,8,11,14H,2-3,6,12-13H2/t11-/m1/s1. The number of phenolic OH excluding ortho intramolecular Hbond substituents is 1. The van der Waals surface area contributed by atoms with Crippen molar-refractivity contribution in [2.75, 3.05) is 0 Å². The summed E-state index contributed by atoms with van der Waals surface area (Å²) in [5.41, 5.74) is 13.4. The molecule has 1 aliphatic rings. The van der Waals surface area contributed by atoms with Gasteiger partial charge in [-0.25, -0.2) is 0 Å². The Morgan fingerprint density at radius 2 is 2.14 bits per heavy atom. The molecule has 0 spiro atoms. The van der Waals surface area contributed by atoms with E-state index in [1.165, 1.54) is 12.8 Å². The highest BCUT2D eigenvalue weighted by Gasteiger charge is 2.30. The number of nitrogens with two attached hydrogens (primary N) is 2. The molecule has 0 unspecified atom stereocenters. The Labute approximate surface area is 83.7 Å². The molecule has 1 atom stereocenters. The Morgan fingerprint density at radius 3 is 2.71 bits per heavy atom. The summed E-state index contributed by atoms with van der Waals surface area (Å²) in [6.07, 6.45) is 2.35. The Kier molecular flexibility index (Phi) is 2.44. The van der Waals surface area contributed by atoms with Crippen LogP contribution in [-0.4, -0.2) is 5.11 Å². The lowest BCUT2D eigenvalue weighted by Gasteiger charge is -2.13. The van der Waals surface area contributed by atoms with Gasteiger partial charge < -0.3 is 16.6 Å². The van der Waals surface area contributed by atoms with Crippen LogP contribution in [0.2, 0.25) is 0 Å². The molecular formula is C11H16N2O. The molecule has 0 radical (unpaired) electrons. The zero-order valence-corrected chi connectivity index (χ0v) is 8.11. The summed E-state index contributed by atoms with van der Waals surface area (Å²) in [5.74, 6) is 0.843. The van der Waals surface area contributed by atoms with E-state index in [0.29, 0.717) is 18.2 Å². The molecule has 76 valence electrons. The summed E-state index contributed by atoms with van der Waals surface area (Å²) >= 11 is 0. The van der Waals surface area contributed by atoms with Crippen molar-refractivity contribution in [3.8, 4) is 5.75 Å². The molecule has 1 aromatic carbocycles. The summed E-state index contributed by atoms with van der Waals surface area (Å²) in [6.45, 7) is 0.491. The van der Waals surface area contributed by atoms with Crippen LogP contribution in [0.5, 0.6) is 5.75 Å². The molecule has 0 aliphatic heterocycles. The molecule has 1 fully saturated rings. The molecule has 2 rings (SSSR count). The Hall–Kier alpha value is -1.06. The molecule has 1 saturated carbocycles. The molecular weight excluding hydrogens is 176 g/mol. The van der Waals surface area contributed by atoms with Crippen molar-refractivity contribution in [1.29, 1.82) is 0 Å². The van der Waals surface area contributed by atoms with Crippen LogP contribution in [0, 0.1) is 5.92 Å². The number of phenols is 1. The van der Waals surface area contributed by atoms with Crippen molar-refractivity contribution in [3.63, 3.8) is 0 Å². The van der Waals surface area contributed by atoms with Crippen LogP contribution in [-0.2, 0) is 6.54 Å². The second-order valence-electron chi connectivity index (χ2n) is 3.96. The first-order chi connectivity index (χ1) is 6.72. The number of aromatic hydroxyl groups is 1. The summed E-state index contributed by atoms with van der Waals surface area (Å²) in [7, 11) is 0. The molecule has 0 saturated heterocycles. The largest absolute Gasteiger partial charge is 0.508 e. The number of hydrogen-bond donors (Lipinski definition) is 3. The van der Waals surface area contributed by atoms with E-state index in [9.17, 15) is 5.11 Å². The average Bonchev–Trinajstić information content (AvgIpc) is 3.01. The lowest BCUT2D eigenvalue weighted by atomic mass is 10.00. The van der Waals surface area contributed by atoms with E-state index in [1.54, 1.807) is 6.07 Å². The summed E-state index contributed by atoms with van der Waals surface area (Å²) in [4.78, 5) is 0. The number of rotatable bonds is 3. The van der Waals surface area contributed by atoms with Gasteiger partial charge >= 0.3 is 0 Å². The van der Waals surface area contributed by atoms with Crippen LogP contribution in [0.3, 0.4) is 0 Å². The Morgan fingerprint density at radius 1 is 1.43 bits per heavy atom. The molecule has 0 amide bonds. The van der Waals surface area contributed by atoms with E-state index < -0.39 is 0 Å². The summed E-state index contributed by atoms with van der Waals surface area (Å²) in [5, 5.41) is 9.66. The van der Waals surface area contributed by atoms with Crippen LogP contribution in [0.4, 0.5) is 0 Å². The molecule has 0 heterocycles. The van der Waals surface area contributed by atoms with Gasteiger partial charge in [0.15, 0.2) is 0 Å². The molecule has 14 heavy (non-hydrogen) atoms. The third kappa shape index (κ3) is 1.74. The molecule has 1 aromatic rings. The van der Waals surface area contributed by atoms with Gasteiger partial charge in [0.05, 0.1) is 0 Å². The molecule has 0 aromatic heterocycles. The van der Waals surface area contributed by atoms with Crippen LogP contribution in [0.15, 0.2) is 18.2 Å². The van der Waals surface area contributed by atoms with E-state index >= 15 is 0 Å². The van der Waals surface area contributed by atoms with Crippen molar-refractivity contribution < 1.29 is 5.11 Å². The highest BCUT2D eigenvalue weighted by Crippen LogP contribution is 2.41. The molecule has 3 heteroatoms. The zero-order valence-electron chi connectivity index (χ0n) is 8.11. The predicted octanol–water partition coefficient (Wildman–Crippen LogP) is 1.26. The first-order valence-electron chi connectivity index (χ1n) is 5.00. The van der Waals surface area contributed by atoms with E-state index in [4.69, 9.17) is 11.5 Å². The topological polar surface area (TPSA) is 72.3 Å². The first kappa shape index (κ1) is 9.49. The highest BCUT2D eigenvalue weighted by molar-refractivity contribution is 5.39. The van der Waals surface area contributed by atoms with Gasteiger partial charge in [0.25, 0.3) is 0 Å².